The molecule has 238 valence electrons. The highest BCUT2D eigenvalue weighted by Crippen LogP contribution is 2.38. The molecule has 11 rings (SSSR count). The number of rotatable bonds is 4. The number of aromatic nitrogens is 6. The van der Waals surface area contributed by atoms with E-state index in [1.54, 1.807) is 11.3 Å². The van der Waals surface area contributed by atoms with Gasteiger partial charge in [-0.05, 0) is 66.7 Å². The standard InChI is InChI=1S/C44H26N6S/c1-7-19-36-28(12-1)29-13-2-8-20-37(29)50(36)44-47-41(27-23-24-40-34(26-27)31-15-5-10-22-39(31)51-40)46-42(48-44)33-16-4-9-21-38(33)49-35-18-6-3-14-30(35)32-17-11-25-45-43(32)49/h1-26H. The predicted octanol–water partition coefficient (Wildman–Crippen LogP) is 11.2. The zero-order chi connectivity index (χ0) is 33.5. The second-order valence-electron chi connectivity index (χ2n) is 12.7. The van der Waals surface area contributed by atoms with Crippen LogP contribution in [-0.4, -0.2) is 29.1 Å². The van der Waals surface area contributed by atoms with E-state index in [-0.39, 0.29) is 0 Å². The number of hydrogen-bond donors (Lipinski definition) is 0. The van der Waals surface area contributed by atoms with Crippen LogP contribution in [0.1, 0.15) is 0 Å². The largest absolute Gasteiger partial charge is 0.293 e. The maximum Gasteiger partial charge on any atom is 0.238 e. The Hall–Kier alpha value is -6.70. The predicted molar refractivity (Wildman–Crippen MR) is 210 cm³/mol. The first-order valence-corrected chi connectivity index (χ1v) is 17.7. The second kappa shape index (κ2) is 10.9. The highest BCUT2D eigenvalue weighted by Gasteiger charge is 2.21. The first kappa shape index (κ1) is 28.2. The summed E-state index contributed by atoms with van der Waals surface area (Å²) < 4.78 is 6.90. The first-order chi connectivity index (χ1) is 25.3. The number of nitrogens with zero attached hydrogens (tertiary/aromatic N) is 6. The van der Waals surface area contributed by atoms with Crippen LogP contribution >= 0.6 is 11.3 Å². The van der Waals surface area contributed by atoms with Crippen molar-refractivity contribution in [3.63, 3.8) is 0 Å². The van der Waals surface area contributed by atoms with Crippen molar-refractivity contribution in [1.29, 1.82) is 0 Å². The third-order valence-corrected chi connectivity index (χ3v) is 11.0. The maximum absolute atomic E-state index is 5.31. The molecule has 0 saturated carbocycles. The lowest BCUT2D eigenvalue weighted by Gasteiger charge is -2.15. The van der Waals surface area contributed by atoms with Crippen LogP contribution in [0.5, 0.6) is 0 Å². The fourth-order valence-corrected chi connectivity index (χ4v) is 8.70. The van der Waals surface area contributed by atoms with Crippen molar-refractivity contribution in [2.75, 3.05) is 0 Å². The van der Waals surface area contributed by atoms with Crippen LogP contribution < -0.4 is 0 Å². The minimum atomic E-state index is 0.567. The molecule has 0 N–H and O–H groups in total. The van der Waals surface area contributed by atoms with Gasteiger partial charge in [-0.2, -0.15) is 9.97 Å². The SMILES string of the molecule is c1ccc(-n2c3ccccc3c3cccnc32)c(-c2nc(-c3ccc4sc5ccccc5c4c3)nc(-n3c4ccccc4c4ccccc43)n2)c1. The summed E-state index contributed by atoms with van der Waals surface area (Å²) in [5, 5.41) is 6.99. The highest BCUT2D eigenvalue weighted by atomic mass is 32.1. The molecule has 0 radical (unpaired) electrons. The lowest BCUT2D eigenvalue weighted by atomic mass is 10.1. The molecular formula is C44H26N6S. The van der Waals surface area contributed by atoms with Gasteiger partial charge in [0, 0.05) is 59.0 Å². The van der Waals surface area contributed by atoms with Gasteiger partial charge in [-0.3, -0.25) is 9.13 Å². The molecule has 0 aliphatic carbocycles. The molecule has 0 atom stereocenters. The number of benzene rings is 6. The van der Waals surface area contributed by atoms with E-state index in [2.05, 4.69) is 149 Å². The van der Waals surface area contributed by atoms with Gasteiger partial charge in [0.05, 0.1) is 22.2 Å². The molecular weight excluding hydrogens is 645 g/mol. The zero-order valence-corrected chi connectivity index (χ0v) is 27.9. The van der Waals surface area contributed by atoms with E-state index in [0.717, 1.165) is 60.6 Å². The van der Waals surface area contributed by atoms with E-state index in [0.29, 0.717) is 17.6 Å². The third-order valence-electron chi connectivity index (χ3n) is 9.86. The molecule has 6 nitrogen and oxygen atoms in total. The minimum Gasteiger partial charge on any atom is -0.293 e. The van der Waals surface area contributed by atoms with Crippen LogP contribution in [0.2, 0.25) is 0 Å². The van der Waals surface area contributed by atoms with Gasteiger partial charge in [0.2, 0.25) is 5.95 Å². The highest BCUT2D eigenvalue weighted by molar-refractivity contribution is 7.25. The Labute approximate surface area is 295 Å². The maximum atomic E-state index is 5.31. The molecule has 11 aromatic rings. The Morgan fingerprint density at radius 1 is 0.431 bits per heavy atom. The van der Waals surface area contributed by atoms with Crippen molar-refractivity contribution in [2.45, 2.75) is 0 Å². The summed E-state index contributed by atoms with van der Waals surface area (Å²) in [7, 11) is 0. The average Bonchev–Trinajstić information content (AvgIpc) is 3.85. The van der Waals surface area contributed by atoms with Gasteiger partial charge >= 0.3 is 0 Å². The van der Waals surface area contributed by atoms with Crippen molar-refractivity contribution in [2.24, 2.45) is 0 Å². The molecule has 0 spiro atoms. The smallest absolute Gasteiger partial charge is 0.238 e. The summed E-state index contributed by atoms with van der Waals surface area (Å²) in [5.41, 5.74) is 6.82. The van der Waals surface area contributed by atoms with Gasteiger partial charge in [0.25, 0.3) is 0 Å². The van der Waals surface area contributed by atoms with Crippen LogP contribution in [0.3, 0.4) is 0 Å². The van der Waals surface area contributed by atoms with E-state index < -0.39 is 0 Å². The van der Waals surface area contributed by atoms with Gasteiger partial charge < -0.3 is 0 Å². The number of para-hydroxylation sites is 4. The Bertz CT molecular complexity index is 3060. The van der Waals surface area contributed by atoms with Crippen molar-refractivity contribution in [1.82, 2.24) is 29.1 Å². The van der Waals surface area contributed by atoms with E-state index in [1.807, 2.05) is 18.3 Å². The normalized spacial score (nSPS) is 11.9. The summed E-state index contributed by atoms with van der Waals surface area (Å²) in [6.07, 6.45) is 1.85. The number of thiophene rings is 1. The molecule has 0 aliphatic rings. The van der Waals surface area contributed by atoms with E-state index in [1.165, 1.54) is 20.2 Å². The van der Waals surface area contributed by atoms with Crippen molar-refractivity contribution < 1.29 is 0 Å². The third kappa shape index (κ3) is 4.22. The summed E-state index contributed by atoms with van der Waals surface area (Å²) in [6, 6.07) is 53.0. The molecule has 5 heterocycles. The molecule has 0 saturated heterocycles. The number of pyridine rings is 1. The molecule has 7 heteroatoms. The van der Waals surface area contributed by atoms with E-state index in [4.69, 9.17) is 19.9 Å². The average molecular weight is 671 g/mol. The van der Waals surface area contributed by atoms with Crippen LogP contribution in [0, 0.1) is 0 Å². The topological polar surface area (TPSA) is 61.4 Å². The molecule has 51 heavy (non-hydrogen) atoms. The first-order valence-electron chi connectivity index (χ1n) is 16.9. The summed E-state index contributed by atoms with van der Waals surface area (Å²) >= 11 is 1.81. The Morgan fingerprint density at radius 2 is 1.02 bits per heavy atom. The van der Waals surface area contributed by atoms with Crippen molar-refractivity contribution in [3.05, 3.63) is 158 Å². The summed E-state index contributed by atoms with van der Waals surface area (Å²) in [5.74, 6) is 1.77. The Morgan fingerprint density at radius 3 is 1.80 bits per heavy atom. The van der Waals surface area contributed by atoms with E-state index >= 15 is 0 Å². The molecule has 6 aromatic carbocycles. The molecule has 5 aromatic heterocycles. The van der Waals surface area contributed by atoms with Gasteiger partial charge in [-0.15, -0.1) is 11.3 Å². The number of fused-ring (bicyclic) bond motifs is 9. The molecule has 0 unspecified atom stereocenters. The van der Waals surface area contributed by atoms with Gasteiger partial charge in [-0.25, -0.2) is 9.97 Å². The van der Waals surface area contributed by atoms with Crippen LogP contribution in [0.25, 0.3) is 98.3 Å². The summed E-state index contributed by atoms with van der Waals surface area (Å²) in [4.78, 5) is 20.7. The van der Waals surface area contributed by atoms with Crippen molar-refractivity contribution >= 4 is 75.3 Å². The Kier molecular flexibility index (Phi) is 6.02. The fourth-order valence-electron chi connectivity index (χ4n) is 7.61. The summed E-state index contributed by atoms with van der Waals surface area (Å²) in [6.45, 7) is 0. The lowest BCUT2D eigenvalue weighted by Crippen LogP contribution is -2.08. The monoisotopic (exact) mass is 670 g/mol. The van der Waals surface area contributed by atoms with Gasteiger partial charge in [-0.1, -0.05) is 84.9 Å². The minimum absolute atomic E-state index is 0.567. The Balaban J connectivity index is 1.22. The van der Waals surface area contributed by atoms with E-state index in [9.17, 15) is 0 Å². The van der Waals surface area contributed by atoms with Crippen LogP contribution in [0.15, 0.2) is 158 Å². The van der Waals surface area contributed by atoms with Crippen LogP contribution in [0.4, 0.5) is 0 Å². The molecule has 0 bridgehead atoms. The van der Waals surface area contributed by atoms with Crippen LogP contribution in [-0.2, 0) is 0 Å². The van der Waals surface area contributed by atoms with Gasteiger partial charge in [0.1, 0.15) is 5.65 Å². The lowest BCUT2D eigenvalue weighted by molar-refractivity contribution is 0.951. The molecule has 0 amide bonds. The van der Waals surface area contributed by atoms with Gasteiger partial charge in [0.15, 0.2) is 11.6 Å². The molecule has 0 aliphatic heterocycles. The molecule has 0 fully saturated rings. The quantitative estimate of drug-likeness (QED) is 0.187. The number of hydrogen-bond acceptors (Lipinski definition) is 5. The fraction of sp³-hybridized carbons (Fsp3) is 0. The second-order valence-corrected chi connectivity index (χ2v) is 13.8. The zero-order valence-electron chi connectivity index (χ0n) is 27.1. The van der Waals surface area contributed by atoms with Crippen molar-refractivity contribution in [3.8, 4) is 34.4 Å².